The predicted molar refractivity (Wildman–Crippen MR) is 373 cm³/mol. The first-order chi connectivity index (χ1) is 52.7. The van der Waals surface area contributed by atoms with E-state index in [0.717, 1.165) is 0 Å². The Bertz CT molecular complexity index is 2930. The summed E-state index contributed by atoms with van der Waals surface area (Å²) in [7, 11) is 0. The summed E-state index contributed by atoms with van der Waals surface area (Å²) < 4.78 is 97.7. The number of amides is 10. The van der Waals surface area contributed by atoms with Crippen LogP contribution in [0.2, 0.25) is 0 Å². The van der Waals surface area contributed by atoms with Gasteiger partial charge in [-0.3, -0.25) is 33.2 Å². The summed E-state index contributed by atoms with van der Waals surface area (Å²) >= 11 is 0. The molecule has 44 heteroatoms. The van der Waals surface area contributed by atoms with Gasteiger partial charge >= 0.3 is 30.2 Å². The van der Waals surface area contributed by atoms with Crippen molar-refractivity contribution >= 4 is 41.7 Å². The van der Waals surface area contributed by atoms with E-state index in [1.807, 2.05) is 0 Å². The second-order valence-corrected chi connectivity index (χ2v) is 26.2. The molecule has 6 rings (SSSR count). The van der Waals surface area contributed by atoms with Crippen LogP contribution in [-0.2, 0) is 81.4 Å². The highest BCUT2D eigenvalue weighted by atomic mass is 19.4. The maximum atomic E-state index is 14.0. The van der Waals surface area contributed by atoms with E-state index in [9.17, 15) is 92.7 Å². The summed E-state index contributed by atoms with van der Waals surface area (Å²) in [5.41, 5.74) is -0.538. The van der Waals surface area contributed by atoms with Crippen LogP contribution in [0, 0.1) is 0 Å². The average molecular weight is 1580 g/mol. The largest absolute Gasteiger partial charge is 0.471 e. The smallest absolute Gasteiger partial charge is 0.394 e. The van der Waals surface area contributed by atoms with Crippen LogP contribution in [0.15, 0.2) is 36.8 Å². The highest BCUT2D eigenvalue weighted by Gasteiger charge is 2.49. The minimum Gasteiger partial charge on any atom is -0.394 e. The Hall–Kier alpha value is -7.61. The van der Waals surface area contributed by atoms with E-state index in [0.29, 0.717) is 36.7 Å². The van der Waals surface area contributed by atoms with Gasteiger partial charge in [-0.05, 0) is 56.7 Å². The number of urea groups is 3. The van der Waals surface area contributed by atoms with Crippen molar-refractivity contribution in [2.24, 2.45) is 0 Å². The van der Waals surface area contributed by atoms with Gasteiger partial charge in [-0.2, -0.15) is 28.5 Å². The Balaban J connectivity index is 0.896. The molecule has 3 saturated heterocycles. The number of hydrogen-bond acceptors (Lipinski definition) is 28. The molecule has 624 valence electrons. The number of alkyl halides is 3. The van der Waals surface area contributed by atoms with Gasteiger partial charge in [0, 0.05) is 84.2 Å². The SMILES string of the molecule is CC(=O)N[C@@H]1[C@@H](O)[C@@H](O)[C@@H](CO)O[C@@H]1c1ccn(CCOCCOCCNC(=O)NCCCC(CCCNC(=O)NCCOCCOCCn2ccc([C@H]3O[C@H](CO)[C@H](O)[C@H](O)[C@H]3NC(C)=O)n2)(CCCNC(=O)NCCOCCOCCn2ccc([C@H]3O[C@H](CO)[C@H](O)[C@H](O)[C@H]3NC(C)=O)n2)NC(=O)C(F)(F)F)n1. The van der Waals surface area contributed by atoms with Crippen LogP contribution in [0.3, 0.4) is 0 Å². The lowest BCUT2D eigenvalue weighted by atomic mass is 9.83. The van der Waals surface area contributed by atoms with E-state index >= 15 is 0 Å². The second kappa shape index (κ2) is 47.7. The minimum absolute atomic E-state index is 0.0380. The zero-order chi connectivity index (χ0) is 80.2. The molecule has 15 atom stereocenters. The average Bonchev–Trinajstić information content (AvgIpc) is 1.43. The highest BCUT2D eigenvalue weighted by Crippen LogP contribution is 2.35. The minimum atomic E-state index is -5.29. The van der Waals surface area contributed by atoms with Crippen molar-refractivity contribution < 1.29 is 135 Å². The van der Waals surface area contributed by atoms with Crippen LogP contribution in [0.5, 0.6) is 0 Å². The lowest BCUT2D eigenvalue weighted by Crippen LogP contribution is -2.60. The molecule has 3 aromatic heterocycles. The molecule has 6 heterocycles. The Morgan fingerprint density at radius 3 is 0.927 bits per heavy atom. The van der Waals surface area contributed by atoms with Gasteiger partial charge in [-0.25, -0.2) is 14.4 Å². The van der Waals surface area contributed by atoms with Gasteiger partial charge in [0.25, 0.3) is 0 Å². The lowest BCUT2D eigenvalue weighted by Gasteiger charge is -2.42. The van der Waals surface area contributed by atoms with Crippen LogP contribution in [-0.4, -0.2) is 340 Å². The summed E-state index contributed by atoms with van der Waals surface area (Å²) in [4.78, 5) is 86.7. The third kappa shape index (κ3) is 30.5. The van der Waals surface area contributed by atoms with Crippen molar-refractivity contribution in [2.75, 3.05) is 138 Å². The number of aromatic nitrogens is 6. The van der Waals surface area contributed by atoms with Crippen molar-refractivity contribution in [2.45, 2.75) is 182 Å². The Morgan fingerprint density at radius 2 is 0.673 bits per heavy atom. The summed E-state index contributed by atoms with van der Waals surface area (Å²) in [6.07, 6.45) is -15.3. The molecule has 0 aromatic carbocycles. The van der Waals surface area contributed by atoms with Gasteiger partial charge in [0.05, 0.1) is 154 Å². The number of hydrogen-bond donors (Lipinski definition) is 19. The normalized spacial score (nSPS) is 24.2. The summed E-state index contributed by atoms with van der Waals surface area (Å²) in [6, 6.07) is -0.116. The summed E-state index contributed by atoms with van der Waals surface area (Å²) in [5, 5.41) is 131. The molecule has 0 unspecified atom stereocenters. The Kier molecular flexibility index (Phi) is 39.6. The zero-order valence-corrected chi connectivity index (χ0v) is 61.7. The molecule has 3 aromatic rings. The van der Waals surface area contributed by atoms with E-state index in [-0.39, 0.29) is 157 Å². The molecule has 3 fully saturated rings. The lowest BCUT2D eigenvalue weighted by molar-refractivity contribution is -0.198. The standard InChI is InChI=1S/C66H109F3N16O25/c1-40(89)76-49-55(95)52(92)46(37-86)108-58(49)43-7-19-83(80-43)22-28-105-34-31-102-25-16-73-62(99)70-13-4-10-65(79-61(98)66(67,68)69,11-5-14-71-63(100)74-17-26-103-32-35-106-29-23-84-20-8-44(81-84)59-50(77-41(2)90)56(96)53(93)47(38-87)109-59)12-6-15-72-64(101)75-18-27-104-33-36-107-30-24-85-21-9-45(82-85)60-51(78-42(3)91)57(97)54(94)48(39-88)110-60/h7-9,19-21,46-60,86-88,92-97H,4-6,10-18,22-39H2,1-3H3,(H,76,89)(H,77,90)(H,78,91)(H,79,98)(H2,70,73,99)(H2,71,74,100)(H2,72,75,101)/t46-,47-,48-,49-,50-,51-,52+,53+,54+,55-,56-,57-,58-,59-,60-/m1/s1. The fourth-order valence-electron chi connectivity index (χ4n) is 12.4. The fraction of sp³-hybridized carbons (Fsp3) is 0.758. The van der Waals surface area contributed by atoms with Gasteiger partial charge in [0.15, 0.2) is 0 Å². The van der Waals surface area contributed by atoms with Crippen LogP contribution in [0.25, 0.3) is 0 Å². The topological polar surface area (TPSA) is 558 Å². The first-order valence-corrected chi connectivity index (χ1v) is 36.4. The van der Waals surface area contributed by atoms with Crippen LogP contribution in [0.1, 0.15) is 94.7 Å². The maximum Gasteiger partial charge on any atom is 0.471 e. The third-order valence-electron chi connectivity index (χ3n) is 17.8. The van der Waals surface area contributed by atoms with Gasteiger partial charge in [0.2, 0.25) is 17.7 Å². The monoisotopic (exact) mass is 1580 g/mol. The molecule has 10 amide bonds. The molecular weight excluding hydrogens is 1470 g/mol. The molecular formula is C66H109F3N16O25. The Labute approximate surface area is 631 Å². The molecule has 0 radical (unpaired) electrons. The summed E-state index contributed by atoms with van der Waals surface area (Å²) in [6.45, 7) is 4.80. The van der Waals surface area contributed by atoms with E-state index < -0.39 is 165 Å². The number of carbonyl (C=O) groups is 7. The molecule has 0 aliphatic carbocycles. The number of ether oxygens (including phenoxy) is 9. The predicted octanol–water partition coefficient (Wildman–Crippen LogP) is -5.59. The first-order valence-electron chi connectivity index (χ1n) is 36.4. The highest BCUT2D eigenvalue weighted by molar-refractivity contribution is 5.82. The third-order valence-corrected chi connectivity index (χ3v) is 17.8. The molecule has 3 aliphatic heterocycles. The fourth-order valence-corrected chi connectivity index (χ4v) is 12.4. The van der Waals surface area contributed by atoms with Gasteiger partial charge in [-0.15, -0.1) is 0 Å². The number of carbonyl (C=O) groups excluding carboxylic acids is 7. The maximum absolute atomic E-state index is 14.0. The molecule has 0 saturated carbocycles. The number of nitrogens with one attached hydrogen (secondary N) is 10. The van der Waals surface area contributed by atoms with Crippen LogP contribution < -0.4 is 53.2 Å². The number of aliphatic hydroxyl groups excluding tert-OH is 9. The number of nitrogens with zero attached hydrogens (tertiary/aromatic N) is 6. The van der Waals surface area contributed by atoms with E-state index in [1.54, 1.807) is 50.8 Å². The number of halogens is 3. The number of rotatable bonds is 49. The molecule has 0 spiro atoms. The van der Waals surface area contributed by atoms with Gasteiger partial charge < -0.3 is 142 Å². The van der Waals surface area contributed by atoms with Gasteiger partial charge in [-0.1, -0.05) is 0 Å². The quantitative estimate of drug-likeness (QED) is 0.0234. The second-order valence-electron chi connectivity index (χ2n) is 26.2. The van der Waals surface area contributed by atoms with E-state index in [2.05, 4.69) is 68.5 Å². The van der Waals surface area contributed by atoms with Crippen molar-refractivity contribution in [3.8, 4) is 0 Å². The van der Waals surface area contributed by atoms with Crippen molar-refractivity contribution in [3.05, 3.63) is 53.9 Å². The molecule has 19 N–H and O–H groups in total. The summed E-state index contributed by atoms with van der Waals surface area (Å²) in [5.74, 6) is -3.63. The molecule has 110 heavy (non-hydrogen) atoms. The first kappa shape index (κ1) is 91.3. The molecule has 41 nitrogen and oxygen atoms in total. The van der Waals surface area contributed by atoms with Crippen LogP contribution in [0.4, 0.5) is 27.6 Å². The molecule has 0 bridgehead atoms. The van der Waals surface area contributed by atoms with Crippen molar-refractivity contribution in [3.63, 3.8) is 0 Å². The van der Waals surface area contributed by atoms with Crippen molar-refractivity contribution in [1.29, 1.82) is 0 Å². The van der Waals surface area contributed by atoms with Crippen molar-refractivity contribution in [1.82, 2.24) is 82.5 Å². The van der Waals surface area contributed by atoms with E-state index in [1.165, 1.54) is 20.8 Å². The van der Waals surface area contributed by atoms with Gasteiger partial charge in [0.1, 0.15) is 73.2 Å². The number of aliphatic hydroxyl groups is 9. The Morgan fingerprint density at radius 1 is 0.409 bits per heavy atom. The molecule has 3 aliphatic rings. The van der Waals surface area contributed by atoms with E-state index in [4.69, 9.17) is 42.6 Å². The zero-order valence-electron chi connectivity index (χ0n) is 61.7. The van der Waals surface area contributed by atoms with Crippen LogP contribution >= 0.6 is 0 Å².